The van der Waals surface area contributed by atoms with Gasteiger partial charge in [0.25, 0.3) is 11.8 Å². The van der Waals surface area contributed by atoms with Gasteiger partial charge in [0.05, 0.1) is 23.4 Å². The maximum absolute atomic E-state index is 12.7. The summed E-state index contributed by atoms with van der Waals surface area (Å²) in [6, 6.07) is 21.1. The van der Waals surface area contributed by atoms with Gasteiger partial charge in [-0.1, -0.05) is 24.3 Å². The van der Waals surface area contributed by atoms with E-state index in [4.69, 9.17) is 4.74 Å². The first-order valence-electron chi connectivity index (χ1n) is 8.77. The molecule has 0 aliphatic carbocycles. The summed E-state index contributed by atoms with van der Waals surface area (Å²) in [4.78, 5) is 25.3. The van der Waals surface area contributed by atoms with Gasteiger partial charge in [0.2, 0.25) is 0 Å². The van der Waals surface area contributed by atoms with E-state index in [2.05, 4.69) is 26.6 Å². The van der Waals surface area contributed by atoms with Crippen molar-refractivity contribution >= 4 is 39.1 Å². The Balaban J connectivity index is 1.76. The molecule has 2 N–H and O–H groups in total. The van der Waals surface area contributed by atoms with Crippen LogP contribution in [0.4, 0.5) is 11.4 Å². The summed E-state index contributed by atoms with van der Waals surface area (Å²) in [6.07, 6.45) is 0. The van der Waals surface area contributed by atoms with Gasteiger partial charge in [-0.3, -0.25) is 9.59 Å². The summed E-state index contributed by atoms with van der Waals surface area (Å²) < 4.78 is 6.09. The van der Waals surface area contributed by atoms with Crippen LogP contribution in [-0.2, 0) is 0 Å². The summed E-state index contributed by atoms with van der Waals surface area (Å²) >= 11 is 3.37. The molecular formula is C22H19BrN2O3. The number of hydrogen-bond donors (Lipinski definition) is 2. The maximum Gasteiger partial charge on any atom is 0.257 e. The minimum absolute atomic E-state index is 0.297. The van der Waals surface area contributed by atoms with E-state index < -0.39 is 0 Å². The van der Waals surface area contributed by atoms with Crippen molar-refractivity contribution in [3.05, 3.63) is 88.4 Å². The van der Waals surface area contributed by atoms with Crippen molar-refractivity contribution in [1.29, 1.82) is 0 Å². The largest absolute Gasteiger partial charge is 0.494 e. The number of nitrogens with one attached hydrogen (secondary N) is 2. The maximum atomic E-state index is 12.7. The summed E-state index contributed by atoms with van der Waals surface area (Å²) in [5.74, 6) is 0.127. The summed E-state index contributed by atoms with van der Waals surface area (Å²) in [5, 5.41) is 5.65. The molecule has 0 fully saturated rings. The second-order valence-electron chi connectivity index (χ2n) is 5.89. The normalized spacial score (nSPS) is 10.2. The molecule has 3 aromatic rings. The number of rotatable bonds is 6. The van der Waals surface area contributed by atoms with Gasteiger partial charge in [-0.15, -0.1) is 0 Å². The van der Waals surface area contributed by atoms with Crippen LogP contribution in [-0.4, -0.2) is 18.4 Å². The fraction of sp³-hybridized carbons (Fsp3) is 0.0909. The lowest BCUT2D eigenvalue weighted by atomic mass is 10.1. The Morgan fingerprint density at radius 3 is 2.11 bits per heavy atom. The van der Waals surface area contributed by atoms with Crippen LogP contribution in [0.3, 0.4) is 0 Å². The lowest BCUT2D eigenvalue weighted by Crippen LogP contribution is -2.18. The smallest absolute Gasteiger partial charge is 0.257 e. The second-order valence-corrected chi connectivity index (χ2v) is 6.75. The molecule has 0 heterocycles. The fourth-order valence-corrected chi connectivity index (χ4v) is 3.09. The van der Waals surface area contributed by atoms with E-state index in [0.717, 1.165) is 5.75 Å². The number of halogens is 1. The molecule has 3 rings (SSSR count). The number of ether oxygens (including phenoxy) is 1. The van der Waals surface area contributed by atoms with Gasteiger partial charge in [0, 0.05) is 10.2 Å². The van der Waals surface area contributed by atoms with Gasteiger partial charge < -0.3 is 15.4 Å². The predicted molar refractivity (Wildman–Crippen MR) is 114 cm³/mol. The molecule has 28 heavy (non-hydrogen) atoms. The lowest BCUT2D eigenvalue weighted by Gasteiger charge is -2.12. The minimum atomic E-state index is -0.313. The third kappa shape index (κ3) is 4.78. The molecule has 6 heteroatoms. The molecular weight excluding hydrogens is 420 g/mol. The van der Waals surface area contributed by atoms with Gasteiger partial charge in [0.15, 0.2) is 0 Å². The highest BCUT2D eigenvalue weighted by Gasteiger charge is 2.15. The molecule has 0 aromatic heterocycles. The molecule has 0 saturated carbocycles. The van der Waals surface area contributed by atoms with E-state index >= 15 is 0 Å². The first-order valence-corrected chi connectivity index (χ1v) is 9.57. The van der Waals surface area contributed by atoms with Crippen LogP contribution in [0.5, 0.6) is 5.75 Å². The summed E-state index contributed by atoms with van der Waals surface area (Å²) in [7, 11) is 0. The van der Waals surface area contributed by atoms with Gasteiger partial charge in [-0.05, 0) is 71.4 Å². The van der Waals surface area contributed by atoms with Crippen LogP contribution in [0.25, 0.3) is 0 Å². The number of carbonyl (C=O) groups is 2. The molecule has 5 nitrogen and oxygen atoms in total. The number of benzene rings is 3. The molecule has 0 radical (unpaired) electrons. The Bertz CT molecular complexity index is 987. The summed E-state index contributed by atoms with van der Waals surface area (Å²) in [6.45, 7) is 2.49. The van der Waals surface area contributed by atoms with E-state index in [1.165, 1.54) is 0 Å². The van der Waals surface area contributed by atoms with Gasteiger partial charge in [0.1, 0.15) is 5.75 Å². The Morgan fingerprint density at radius 2 is 1.43 bits per heavy atom. The van der Waals surface area contributed by atoms with Crippen molar-refractivity contribution in [2.75, 3.05) is 17.2 Å². The average molecular weight is 439 g/mol. The molecule has 0 spiro atoms. The molecule has 2 amide bonds. The SMILES string of the molecule is CCOc1ccc(NC(=O)c2ccccc2NC(=O)c2ccccc2Br)cc1. The number of para-hydroxylation sites is 1. The fourth-order valence-electron chi connectivity index (χ4n) is 2.62. The zero-order valence-corrected chi connectivity index (χ0v) is 16.8. The molecule has 0 aliphatic heterocycles. The van der Waals surface area contributed by atoms with Crippen LogP contribution in [0, 0.1) is 0 Å². The number of anilines is 2. The zero-order chi connectivity index (χ0) is 19.9. The third-order valence-electron chi connectivity index (χ3n) is 3.96. The van der Waals surface area contributed by atoms with E-state index in [1.807, 2.05) is 13.0 Å². The number of amides is 2. The van der Waals surface area contributed by atoms with Crippen molar-refractivity contribution in [2.45, 2.75) is 6.92 Å². The lowest BCUT2D eigenvalue weighted by molar-refractivity contribution is 0.102. The summed E-state index contributed by atoms with van der Waals surface area (Å²) in [5.41, 5.74) is 1.94. The quantitative estimate of drug-likeness (QED) is 0.544. The highest BCUT2D eigenvalue weighted by Crippen LogP contribution is 2.22. The van der Waals surface area contributed by atoms with Crippen LogP contribution in [0.2, 0.25) is 0 Å². The highest BCUT2D eigenvalue weighted by molar-refractivity contribution is 9.10. The van der Waals surface area contributed by atoms with E-state index in [1.54, 1.807) is 66.7 Å². The van der Waals surface area contributed by atoms with Gasteiger partial charge in [-0.2, -0.15) is 0 Å². The standard InChI is InChI=1S/C22H19BrN2O3/c1-2-28-16-13-11-15(12-14-16)24-22(27)18-8-4-6-10-20(18)25-21(26)17-7-3-5-9-19(17)23/h3-14H,2H2,1H3,(H,24,27)(H,25,26). The Labute approximate surface area is 171 Å². The molecule has 0 unspecified atom stereocenters. The van der Waals surface area contributed by atoms with Crippen LogP contribution in [0.15, 0.2) is 77.3 Å². The van der Waals surface area contributed by atoms with Gasteiger partial charge in [-0.25, -0.2) is 0 Å². The molecule has 0 atom stereocenters. The average Bonchev–Trinajstić information content (AvgIpc) is 2.70. The van der Waals surface area contributed by atoms with E-state index in [-0.39, 0.29) is 11.8 Å². The Hall–Kier alpha value is -3.12. The van der Waals surface area contributed by atoms with Crippen molar-refractivity contribution in [3.8, 4) is 5.75 Å². The predicted octanol–water partition coefficient (Wildman–Crippen LogP) is 5.35. The van der Waals surface area contributed by atoms with Crippen molar-refractivity contribution < 1.29 is 14.3 Å². The number of carbonyl (C=O) groups excluding carboxylic acids is 2. The van der Waals surface area contributed by atoms with Crippen LogP contribution >= 0.6 is 15.9 Å². The molecule has 0 bridgehead atoms. The molecule has 0 aliphatic rings. The first-order chi connectivity index (χ1) is 13.6. The van der Waals surface area contributed by atoms with E-state index in [0.29, 0.717) is 33.6 Å². The monoisotopic (exact) mass is 438 g/mol. The van der Waals surface area contributed by atoms with Crippen LogP contribution in [0.1, 0.15) is 27.6 Å². The van der Waals surface area contributed by atoms with Gasteiger partial charge >= 0.3 is 0 Å². The molecule has 142 valence electrons. The van der Waals surface area contributed by atoms with Crippen LogP contribution < -0.4 is 15.4 Å². The minimum Gasteiger partial charge on any atom is -0.494 e. The Morgan fingerprint density at radius 1 is 0.821 bits per heavy atom. The first kappa shape index (κ1) is 19.6. The molecule has 3 aromatic carbocycles. The van der Waals surface area contributed by atoms with Crippen molar-refractivity contribution in [2.24, 2.45) is 0 Å². The second kappa shape index (κ2) is 9.19. The number of hydrogen-bond acceptors (Lipinski definition) is 3. The zero-order valence-electron chi connectivity index (χ0n) is 15.2. The van der Waals surface area contributed by atoms with Crippen molar-refractivity contribution in [3.63, 3.8) is 0 Å². The molecule has 0 saturated heterocycles. The topological polar surface area (TPSA) is 67.4 Å². The van der Waals surface area contributed by atoms with E-state index in [9.17, 15) is 9.59 Å². The highest BCUT2D eigenvalue weighted by atomic mass is 79.9. The van der Waals surface area contributed by atoms with Crippen molar-refractivity contribution in [1.82, 2.24) is 0 Å². The third-order valence-corrected chi connectivity index (χ3v) is 4.65. The Kier molecular flexibility index (Phi) is 6.45.